The number of benzene rings is 1. The summed E-state index contributed by atoms with van der Waals surface area (Å²) in [5, 5.41) is 12.7. The maximum atomic E-state index is 13.3. The number of methoxy groups -OCH3 is 1. The maximum absolute atomic E-state index is 13.3. The van der Waals surface area contributed by atoms with E-state index in [2.05, 4.69) is 35.9 Å². The van der Waals surface area contributed by atoms with E-state index in [1.165, 1.54) is 24.0 Å². The second-order valence-electron chi connectivity index (χ2n) is 11.0. The van der Waals surface area contributed by atoms with E-state index in [0.29, 0.717) is 25.9 Å². The van der Waals surface area contributed by atoms with Gasteiger partial charge >= 0.3 is 0 Å². The molecular formula is C29H39N3O3. The molecule has 0 spiro atoms. The third-order valence-electron chi connectivity index (χ3n) is 9.05. The fourth-order valence-electron chi connectivity index (χ4n) is 6.65. The van der Waals surface area contributed by atoms with Crippen LogP contribution < -0.4 is 4.74 Å². The molecule has 5 rings (SSSR count). The molecule has 2 aliphatic heterocycles. The highest BCUT2D eigenvalue weighted by molar-refractivity contribution is 5.78. The van der Waals surface area contributed by atoms with Gasteiger partial charge in [-0.1, -0.05) is 12.1 Å². The third-order valence-corrected chi connectivity index (χ3v) is 9.05. The molecule has 3 aliphatic rings. The molecule has 3 atom stereocenters. The number of hydrogen-bond donors (Lipinski definition) is 1. The van der Waals surface area contributed by atoms with Gasteiger partial charge in [-0.05, 0) is 93.3 Å². The topological polar surface area (TPSA) is 65.9 Å². The molecule has 0 radical (unpaired) electrons. The Morgan fingerprint density at radius 2 is 1.94 bits per heavy atom. The number of carbonyl (C=O) groups excluding carboxylic acids is 1. The van der Waals surface area contributed by atoms with Crippen molar-refractivity contribution in [1.82, 2.24) is 14.8 Å². The number of carbonyl (C=O) groups is 1. The van der Waals surface area contributed by atoms with Gasteiger partial charge in [0.05, 0.1) is 19.1 Å². The highest BCUT2D eigenvalue weighted by atomic mass is 16.5. The molecular weight excluding hydrogens is 438 g/mol. The molecule has 6 heteroatoms. The van der Waals surface area contributed by atoms with Crippen LogP contribution in [0.1, 0.15) is 55.7 Å². The van der Waals surface area contributed by atoms with Crippen LogP contribution in [0.3, 0.4) is 0 Å². The van der Waals surface area contributed by atoms with Crippen molar-refractivity contribution in [2.75, 3.05) is 33.3 Å². The molecule has 0 bridgehead atoms. The fourth-order valence-corrected chi connectivity index (χ4v) is 6.65. The summed E-state index contributed by atoms with van der Waals surface area (Å²) in [6.07, 6.45) is 8.66. The van der Waals surface area contributed by atoms with Gasteiger partial charge in [0, 0.05) is 43.5 Å². The van der Waals surface area contributed by atoms with E-state index >= 15 is 0 Å². The molecule has 2 saturated heterocycles. The van der Waals surface area contributed by atoms with Crippen LogP contribution in [-0.4, -0.2) is 70.7 Å². The predicted octanol–water partition coefficient (Wildman–Crippen LogP) is 3.74. The summed E-state index contributed by atoms with van der Waals surface area (Å²) in [5.41, 5.74) is 1.94. The summed E-state index contributed by atoms with van der Waals surface area (Å²) in [6, 6.07) is 10.1. The van der Waals surface area contributed by atoms with Crippen LogP contribution in [0.15, 0.2) is 42.7 Å². The monoisotopic (exact) mass is 477 g/mol. The number of piperidine rings is 1. The first kappa shape index (κ1) is 24.3. The first-order valence-corrected chi connectivity index (χ1v) is 13.1. The molecule has 1 aromatic carbocycles. The number of nitrogens with zero attached hydrogens (tertiary/aromatic N) is 3. The number of fused-ring (bicyclic) bond motifs is 1. The van der Waals surface area contributed by atoms with E-state index < -0.39 is 11.0 Å². The van der Waals surface area contributed by atoms with Gasteiger partial charge in [0.2, 0.25) is 5.91 Å². The Bertz CT molecular complexity index is 1060. The van der Waals surface area contributed by atoms with Crippen molar-refractivity contribution in [2.45, 2.75) is 69.4 Å². The quantitative estimate of drug-likeness (QED) is 0.687. The SMILES string of the molecule is COc1ccc(C)c(C23CCN(C(=O)Cc4cccnc4)CCC2(O)C(C)N(CC2CC2)CC3)c1. The minimum atomic E-state index is -0.930. The van der Waals surface area contributed by atoms with E-state index in [1.807, 2.05) is 23.1 Å². The van der Waals surface area contributed by atoms with Gasteiger partial charge in [0.1, 0.15) is 5.75 Å². The lowest BCUT2D eigenvalue weighted by Gasteiger charge is -2.57. The molecule has 3 unspecified atom stereocenters. The van der Waals surface area contributed by atoms with Gasteiger partial charge in [-0.15, -0.1) is 0 Å². The first-order chi connectivity index (χ1) is 16.9. The van der Waals surface area contributed by atoms with Crippen LogP contribution in [0.2, 0.25) is 0 Å². The predicted molar refractivity (Wildman–Crippen MR) is 136 cm³/mol. The summed E-state index contributed by atoms with van der Waals surface area (Å²) in [7, 11) is 1.70. The zero-order valence-corrected chi connectivity index (χ0v) is 21.4. The number of aromatic nitrogens is 1. The van der Waals surface area contributed by atoms with Crippen LogP contribution in [0.5, 0.6) is 5.75 Å². The van der Waals surface area contributed by atoms with Crippen molar-refractivity contribution < 1.29 is 14.6 Å². The maximum Gasteiger partial charge on any atom is 0.227 e. The zero-order chi connectivity index (χ0) is 24.6. The normalized spacial score (nSPS) is 29.4. The van der Waals surface area contributed by atoms with Crippen LogP contribution in [-0.2, 0) is 16.6 Å². The van der Waals surface area contributed by atoms with E-state index in [0.717, 1.165) is 43.2 Å². The second-order valence-corrected chi connectivity index (χ2v) is 11.0. The van der Waals surface area contributed by atoms with Gasteiger partial charge in [0.25, 0.3) is 0 Å². The molecule has 188 valence electrons. The number of rotatable bonds is 6. The zero-order valence-electron chi connectivity index (χ0n) is 21.4. The van der Waals surface area contributed by atoms with Crippen LogP contribution in [0, 0.1) is 12.8 Å². The Balaban J connectivity index is 1.49. The lowest BCUT2D eigenvalue weighted by Crippen LogP contribution is -2.68. The molecule has 1 saturated carbocycles. The van der Waals surface area contributed by atoms with Crippen molar-refractivity contribution >= 4 is 5.91 Å². The Hall–Kier alpha value is -2.44. The van der Waals surface area contributed by atoms with Gasteiger partial charge in [-0.25, -0.2) is 0 Å². The highest BCUT2D eigenvalue weighted by Crippen LogP contribution is 2.53. The van der Waals surface area contributed by atoms with Gasteiger partial charge < -0.3 is 14.7 Å². The van der Waals surface area contributed by atoms with Crippen LogP contribution >= 0.6 is 0 Å². The van der Waals surface area contributed by atoms with Crippen molar-refractivity contribution in [2.24, 2.45) is 5.92 Å². The van der Waals surface area contributed by atoms with Crippen molar-refractivity contribution in [3.8, 4) is 5.75 Å². The summed E-state index contributed by atoms with van der Waals surface area (Å²) < 4.78 is 5.61. The Labute approximate surface area is 209 Å². The molecule has 1 aromatic heterocycles. The van der Waals surface area contributed by atoms with Gasteiger partial charge in [-0.2, -0.15) is 0 Å². The summed E-state index contributed by atoms with van der Waals surface area (Å²) in [6.45, 7) is 7.61. The molecule has 35 heavy (non-hydrogen) atoms. The average Bonchev–Trinajstić information content (AvgIpc) is 3.70. The number of likely N-dealkylation sites (tertiary alicyclic amines) is 2. The highest BCUT2D eigenvalue weighted by Gasteiger charge is 2.59. The third kappa shape index (κ3) is 4.47. The minimum absolute atomic E-state index is 0.0239. The van der Waals surface area contributed by atoms with Crippen molar-refractivity contribution in [3.63, 3.8) is 0 Å². The average molecular weight is 478 g/mol. The van der Waals surface area contributed by atoms with E-state index in [1.54, 1.807) is 19.5 Å². The van der Waals surface area contributed by atoms with Crippen molar-refractivity contribution in [3.05, 3.63) is 59.4 Å². The number of amides is 1. The molecule has 1 N–H and O–H groups in total. The largest absolute Gasteiger partial charge is 0.497 e. The van der Waals surface area contributed by atoms with E-state index in [9.17, 15) is 9.90 Å². The Morgan fingerprint density at radius 1 is 1.17 bits per heavy atom. The van der Waals surface area contributed by atoms with Crippen molar-refractivity contribution in [1.29, 1.82) is 0 Å². The van der Waals surface area contributed by atoms with Crippen LogP contribution in [0.4, 0.5) is 0 Å². The lowest BCUT2D eigenvalue weighted by atomic mass is 9.57. The Kier molecular flexibility index (Phi) is 6.62. The van der Waals surface area contributed by atoms with Gasteiger partial charge in [0.15, 0.2) is 0 Å². The molecule has 1 amide bonds. The van der Waals surface area contributed by atoms with E-state index in [-0.39, 0.29) is 11.9 Å². The standard InChI is InChI=1S/C29H39N3O3/c1-21-6-9-25(35-3)18-26(21)28-10-14-31(27(33)17-24-5-4-13-30-19-24)16-12-29(28,34)22(2)32(15-11-28)20-23-7-8-23/h4-6,9,13,18-19,22-23,34H,7-8,10-12,14-17,20H2,1-3H3. The summed E-state index contributed by atoms with van der Waals surface area (Å²) >= 11 is 0. The summed E-state index contributed by atoms with van der Waals surface area (Å²) in [4.78, 5) is 22.0. The molecule has 6 nitrogen and oxygen atoms in total. The number of pyridine rings is 1. The van der Waals surface area contributed by atoms with E-state index in [4.69, 9.17) is 4.74 Å². The smallest absolute Gasteiger partial charge is 0.227 e. The second kappa shape index (κ2) is 9.55. The number of hydrogen-bond acceptors (Lipinski definition) is 5. The minimum Gasteiger partial charge on any atom is -0.497 e. The summed E-state index contributed by atoms with van der Waals surface area (Å²) in [5.74, 6) is 1.71. The molecule has 3 fully saturated rings. The number of aryl methyl sites for hydroxylation is 1. The molecule has 2 aromatic rings. The fraction of sp³-hybridized carbons (Fsp3) is 0.586. The number of aliphatic hydroxyl groups is 1. The lowest BCUT2D eigenvalue weighted by molar-refractivity contribution is -0.137. The number of ether oxygens (including phenoxy) is 1. The molecule has 3 heterocycles. The Morgan fingerprint density at radius 3 is 2.66 bits per heavy atom. The molecule has 1 aliphatic carbocycles. The van der Waals surface area contributed by atoms with Gasteiger partial charge in [-0.3, -0.25) is 14.7 Å². The first-order valence-electron chi connectivity index (χ1n) is 13.1. The van der Waals surface area contributed by atoms with Crippen LogP contribution in [0.25, 0.3) is 0 Å².